The molecule has 5 nitrogen and oxygen atoms in total. The van der Waals surface area contributed by atoms with Crippen LogP contribution in [-0.2, 0) is 0 Å². The van der Waals surface area contributed by atoms with Gasteiger partial charge in [-0.25, -0.2) is 15.0 Å². The monoisotopic (exact) mass is 865 g/mol. The largest absolute Gasteiger partial charge is 0.309 e. The fourth-order valence-corrected chi connectivity index (χ4v) is 10.7. The van der Waals surface area contributed by atoms with Crippen LogP contribution in [0.25, 0.3) is 133 Å². The van der Waals surface area contributed by atoms with Gasteiger partial charge in [-0.05, 0) is 92.0 Å². The molecule has 316 valence electrons. The van der Waals surface area contributed by atoms with Crippen molar-refractivity contribution in [1.29, 1.82) is 0 Å². The van der Waals surface area contributed by atoms with E-state index < -0.39 is 0 Å². The van der Waals surface area contributed by atoms with Crippen molar-refractivity contribution in [2.45, 2.75) is 0 Å². The van der Waals surface area contributed by atoms with Crippen LogP contribution in [0, 0.1) is 0 Å². The topological polar surface area (TPSA) is 48.5 Å². The summed E-state index contributed by atoms with van der Waals surface area (Å²) in [5.41, 5.74) is 11.6. The Morgan fingerprint density at radius 3 is 1.21 bits per heavy atom. The van der Waals surface area contributed by atoms with Crippen molar-refractivity contribution in [2.75, 3.05) is 0 Å². The van der Waals surface area contributed by atoms with Gasteiger partial charge in [0, 0.05) is 49.6 Å². The molecule has 0 atom stereocenters. The summed E-state index contributed by atoms with van der Waals surface area (Å²) >= 11 is 0. The van der Waals surface area contributed by atoms with Crippen molar-refractivity contribution in [3.05, 3.63) is 237 Å². The molecule has 0 saturated carbocycles. The van der Waals surface area contributed by atoms with E-state index in [9.17, 15) is 0 Å². The maximum absolute atomic E-state index is 5.45. The van der Waals surface area contributed by atoms with Crippen LogP contribution in [-0.4, -0.2) is 24.1 Å². The summed E-state index contributed by atoms with van der Waals surface area (Å²) in [6.45, 7) is 0. The molecule has 68 heavy (non-hydrogen) atoms. The van der Waals surface area contributed by atoms with Gasteiger partial charge in [0.25, 0.3) is 0 Å². The van der Waals surface area contributed by atoms with Gasteiger partial charge < -0.3 is 9.13 Å². The van der Waals surface area contributed by atoms with Gasteiger partial charge in [-0.2, -0.15) is 0 Å². The van der Waals surface area contributed by atoms with Crippen LogP contribution in [0.15, 0.2) is 237 Å². The predicted octanol–water partition coefficient (Wildman–Crippen LogP) is 16.2. The lowest BCUT2D eigenvalue weighted by Crippen LogP contribution is -2.03. The Morgan fingerprint density at radius 2 is 0.618 bits per heavy atom. The normalized spacial score (nSPS) is 11.8. The van der Waals surface area contributed by atoms with E-state index in [1.807, 2.05) is 18.2 Å². The average molecular weight is 866 g/mol. The molecule has 0 aliphatic rings. The number of hydrogen-bond donors (Lipinski definition) is 0. The van der Waals surface area contributed by atoms with Crippen LogP contribution in [0.3, 0.4) is 0 Å². The molecular formula is C63H39N5. The SMILES string of the molecule is c1ccc(-c2nc(-c3ccc4c5ccccc5c5ccccc5c4c3)nc(-c3cc(-n4c5ccccc5c5ccc(-n6c7ccccc7c7ccccc76)cc54)ccc3-c3ccccc3)n2)cc1. The summed E-state index contributed by atoms with van der Waals surface area (Å²) < 4.78 is 4.80. The Labute approximate surface area is 391 Å². The first-order valence-electron chi connectivity index (χ1n) is 23.1. The standard InChI is InChI=1S/C63H39N5/c1-3-17-40(18-4-1)45-35-32-43(68-59-30-16-13-27-53(59)54-36-33-44(39-60(54)68)67-57-28-14-11-25-51(57)52-26-12-15-29-58(52)67)38-56(45)63-65-61(41-19-5-2-6-20-41)64-62(66-63)42-31-34-50-48-23-8-7-21-46(48)47-22-9-10-24-49(47)55(50)37-42/h1-39H. The third-order valence-corrected chi connectivity index (χ3v) is 13.8. The Kier molecular flexibility index (Phi) is 8.52. The van der Waals surface area contributed by atoms with E-state index in [1.54, 1.807) is 0 Å². The van der Waals surface area contributed by atoms with Gasteiger partial charge in [-0.15, -0.1) is 0 Å². The smallest absolute Gasteiger partial charge is 0.164 e. The third kappa shape index (κ3) is 5.93. The van der Waals surface area contributed by atoms with Gasteiger partial charge >= 0.3 is 0 Å². The molecule has 0 unspecified atom stereocenters. The van der Waals surface area contributed by atoms with Crippen LogP contribution in [0.5, 0.6) is 0 Å². The molecule has 0 saturated heterocycles. The summed E-state index contributed by atoms with van der Waals surface area (Å²) in [5, 5.41) is 12.1. The fourth-order valence-electron chi connectivity index (χ4n) is 10.7. The Bertz CT molecular complexity index is 4230. The molecule has 0 amide bonds. The molecule has 0 fully saturated rings. The molecule has 0 aliphatic heterocycles. The minimum atomic E-state index is 0.602. The van der Waals surface area contributed by atoms with Gasteiger partial charge in [0.15, 0.2) is 17.5 Å². The van der Waals surface area contributed by atoms with Crippen molar-refractivity contribution in [1.82, 2.24) is 24.1 Å². The quantitative estimate of drug-likeness (QED) is 0.156. The van der Waals surface area contributed by atoms with E-state index in [2.05, 4.69) is 228 Å². The van der Waals surface area contributed by atoms with E-state index in [1.165, 1.54) is 64.9 Å². The lowest BCUT2D eigenvalue weighted by molar-refractivity contribution is 1.07. The summed E-state index contributed by atoms with van der Waals surface area (Å²) in [5.74, 6) is 1.83. The molecule has 3 heterocycles. The molecule has 5 heteroatoms. The van der Waals surface area contributed by atoms with Crippen molar-refractivity contribution in [2.24, 2.45) is 0 Å². The number of fused-ring (bicyclic) bond motifs is 12. The van der Waals surface area contributed by atoms with Gasteiger partial charge in [0.2, 0.25) is 0 Å². The van der Waals surface area contributed by atoms with Gasteiger partial charge in [-0.3, -0.25) is 0 Å². The molecular weight excluding hydrogens is 827 g/mol. The van der Waals surface area contributed by atoms with Crippen LogP contribution >= 0.6 is 0 Å². The molecule has 14 rings (SSSR count). The van der Waals surface area contributed by atoms with E-state index in [-0.39, 0.29) is 0 Å². The van der Waals surface area contributed by atoms with E-state index in [0.29, 0.717) is 17.5 Å². The third-order valence-electron chi connectivity index (χ3n) is 13.8. The summed E-state index contributed by atoms with van der Waals surface area (Å²) in [6.07, 6.45) is 0. The molecule has 0 spiro atoms. The first-order chi connectivity index (χ1) is 33.7. The van der Waals surface area contributed by atoms with Crippen LogP contribution < -0.4 is 0 Å². The number of nitrogens with zero attached hydrogens (tertiary/aromatic N) is 5. The number of para-hydroxylation sites is 3. The lowest BCUT2D eigenvalue weighted by atomic mass is 9.93. The Morgan fingerprint density at radius 1 is 0.221 bits per heavy atom. The van der Waals surface area contributed by atoms with E-state index in [4.69, 9.17) is 15.0 Å². The van der Waals surface area contributed by atoms with Gasteiger partial charge in [0.05, 0.1) is 22.1 Å². The number of benzene rings is 11. The highest BCUT2D eigenvalue weighted by Crippen LogP contribution is 2.41. The Balaban J connectivity index is 1.02. The highest BCUT2D eigenvalue weighted by atomic mass is 15.0. The first-order valence-corrected chi connectivity index (χ1v) is 23.1. The average Bonchev–Trinajstić information content (AvgIpc) is 3.93. The van der Waals surface area contributed by atoms with Gasteiger partial charge in [-0.1, -0.05) is 188 Å². The highest BCUT2D eigenvalue weighted by Gasteiger charge is 2.21. The minimum absolute atomic E-state index is 0.602. The zero-order valence-electron chi connectivity index (χ0n) is 36.8. The Hall–Kier alpha value is -9.19. The van der Waals surface area contributed by atoms with Crippen LogP contribution in [0.4, 0.5) is 0 Å². The van der Waals surface area contributed by atoms with E-state index in [0.717, 1.165) is 50.2 Å². The maximum atomic E-state index is 5.45. The lowest BCUT2D eigenvalue weighted by Gasteiger charge is -2.16. The first kappa shape index (κ1) is 38.1. The van der Waals surface area contributed by atoms with Crippen molar-refractivity contribution >= 4 is 75.9 Å². The second-order valence-electron chi connectivity index (χ2n) is 17.5. The predicted molar refractivity (Wildman–Crippen MR) is 283 cm³/mol. The fraction of sp³-hybridized carbons (Fsp3) is 0. The molecule has 0 bridgehead atoms. The number of hydrogen-bond acceptors (Lipinski definition) is 3. The molecule has 0 radical (unpaired) electrons. The van der Waals surface area contributed by atoms with Crippen molar-refractivity contribution in [3.8, 4) is 56.7 Å². The summed E-state index contributed by atoms with van der Waals surface area (Å²) in [4.78, 5) is 16.1. The summed E-state index contributed by atoms with van der Waals surface area (Å²) in [6, 6.07) is 84.6. The second kappa shape index (κ2) is 15.2. The molecule has 11 aromatic carbocycles. The zero-order valence-corrected chi connectivity index (χ0v) is 36.8. The van der Waals surface area contributed by atoms with Gasteiger partial charge in [0.1, 0.15) is 0 Å². The maximum Gasteiger partial charge on any atom is 0.164 e. The van der Waals surface area contributed by atoms with E-state index >= 15 is 0 Å². The molecule has 0 N–H and O–H groups in total. The van der Waals surface area contributed by atoms with Crippen LogP contribution in [0.1, 0.15) is 0 Å². The number of aromatic nitrogens is 5. The highest BCUT2D eigenvalue weighted by molar-refractivity contribution is 6.25. The summed E-state index contributed by atoms with van der Waals surface area (Å²) in [7, 11) is 0. The van der Waals surface area contributed by atoms with Crippen LogP contribution in [0.2, 0.25) is 0 Å². The molecule has 14 aromatic rings. The number of rotatable bonds is 6. The molecule has 0 aliphatic carbocycles. The zero-order chi connectivity index (χ0) is 44.7. The van der Waals surface area contributed by atoms with Crippen molar-refractivity contribution < 1.29 is 0 Å². The minimum Gasteiger partial charge on any atom is -0.309 e. The molecule has 3 aromatic heterocycles. The second-order valence-corrected chi connectivity index (χ2v) is 17.5. The van der Waals surface area contributed by atoms with Crippen molar-refractivity contribution in [3.63, 3.8) is 0 Å².